The van der Waals surface area contributed by atoms with Crippen LogP contribution in [0.3, 0.4) is 0 Å². The third-order valence-corrected chi connectivity index (χ3v) is 1.93. The molecular formula is C8H10F4N4O. The Kier molecular flexibility index (Phi) is 3.71. The van der Waals surface area contributed by atoms with E-state index in [0.717, 1.165) is 0 Å². The summed E-state index contributed by atoms with van der Waals surface area (Å²) < 4.78 is 50.3. The van der Waals surface area contributed by atoms with Crippen molar-refractivity contribution in [2.45, 2.75) is 18.9 Å². The fourth-order valence-corrected chi connectivity index (χ4v) is 1.08. The number of hydrogen-bond donors (Lipinski definition) is 2. The first-order valence-electron chi connectivity index (χ1n) is 4.49. The van der Waals surface area contributed by atoms with Gasteiger partial charge in [0.1, 0.15) is 0 Å². The summed E-state index contributed by atoms with van der Waals surface area (Å²) in [5, 5.41) is 5.24. The maximum Gasteiger partial charge on any atom is 0.383 e. The average molecular weight is 254 g/mol. The number of halogens is 4. The molecule has 0 aromatic carbocycles. The van der Waals surface area contributed by atoms with Crippen molar-refractivity contribution in [1.29, 1.82) is 0 Å². The molecule has 0 saturated heterocycles. The number of hydrogen-bond acceptors (Lipinski definition) is 3. The van der Waals surface area contributed by atoms with E-state index in [2.05, 4.69) is 5.10 Å². The predicted molar refractivity (Wildman–Crippen MR) is 50.7 cm³/mol. The summed E-state index contributed by atoms with van der Waals surface area (Å²) in [5.41, 5.74) is 5.54. The third kappa shape index (κ3) is 2.73. The Morgan fingerprint density at radius 2 is 2.24 bits per heavy atom. The Balaban J connectivity index is 2.88. The zero-order valence-electron chi connectivity index (χ0n) is 8.75. The van der Waals surface area contributed by atoms with Crippen molar-refractivity contribution >= 4 is 11.7 Å². The van der Waals surface area contributed by atoms with Crippen LogP contribution in [0.5, 0.6) is 0 Å². The molecule has 1 heterocycles. The minimum atomic E-state index is -4.76. The van der Waals surface area contributed by atoms with E-state index in [4.69, 9.17) is 5.73 Å². The second kappa shape index (κ2) is 4.70. The number of aryl methyl sites for hydroxylation is 1. The van der Waals surface area contributed by atoms with Crippen molar-refractivity contribution in [3.8, 4) is 0 Å². The van der Waals surface area contributed by atoms with Crippen LogP contribution in [-0.2, 0) is 18.4 Å². The number of nitrogens with zero attached hydrogens (tertiary/aromatic N) is 2. The smallest absolute Gasteiger partial charge is 0.326 e. The molecule has 96 valence electrons. The number of nitrogens with two attached hydrogens (primary N) is 1. The lowest BCUT2D eigenvalue weighted by Crippen LogP contribution is -2.41. The molecule has 0 spiro atoms. The molecule has 1 aromatic heterocycles. The van der Waals surface area contributed by atoms with Crippen molar-refractivity contribution in [3.05, 3.63) is 11.8 Å². The van der Waals surface area contributed by atoms with Crippen molar-refractivity contribution in [2.24, 2.45) is 12.8 Å². The fraction of sp³-hybridized carbons (Fsp3) is 0.500. The van der Waals surface area contributed by atoms with Gasteiger partial charge in [0.25, 0.3) is 0 Å². The Hall–Kier alpha value is -1.64. The van der Waals surface area contributed by atoms with Crippen LogP contribution in [0.4, 0.5) is 23.4 Å². The van der Waals surface area contributed by atoms with Crippen molar-refractivity contribution in [2.75, 3.05) is 5.32 Å². The summed E-state index contributed by atoms with van der Waals surface area (Å²) in [6.45, 7) is -0.0658. The molecule has 0 fully saturated rings. The number of carbonyl (C=O) groups is 1. The maximum atomic E-state index is 12.6. The number of carbonyl (C=O) groups excluding carboxylic acids is 1. The standard InChI is InChI=1S/C8H10F4N4O/c1-16-3-4(2-13)5(15-16)14-7(17)8(11,12)6(9)10/h3,6H,2,13H2,1H3,(H,14,15,17). The number of anilines is 1. The molecule has 0 aliphatic heterocycles. The first-order chi connectivity index (χ1) is 7.78. The Labute approximate surface area is 93.6 Å². The van der Waals surface area contributed by atoms with E-state index < -0.39 is 18.3 Å². The monoisotopic (exact) mass is 254 g/mol. The number of alkyl halides is 4. The van der Waals surface area contributed by atoms with E-state index in [-0.39, 0.29) is 17.9 Å². The highest BCUT2D eigenvalue weighted by molar-refractivity contribution is 5.96. The van der Waals surface area contributed by atoms with Crippen molar-refractivity contribution in [3.63, 3.8) is 0 Å². The van der Waals surface area contributed by atoms with Crippen LogP contribution in [0.1, 0.15) is 5.56 Å². The van der Waals surface area contributed by atoms with Gasteiger partial charge >= 0.3 is 18.3 Å². The lowest BCUT2D eigenvalue weighted by molar-refractivity contribution is -0.163. The fourth-order valence-electron chi connectivity index (χ4n) is 1.08. The number of amides is 1. The molecule has 17 heavy (non-hydrogen) atoms. The van der Waals surface area contributed by atoms with Gasteiger partial charge in [0.05, 0.1) is 0 Å². The van der Waals surface area contributed by atoms with Crippen LogP contribution < -0.4 is 11.1 Å². The van der Waals surface area contributed by atoms with Gasteiger partial charge in [-0.2, -0.15) is 13.9 Å². The molecule has 0 saturated carbocycles. The van der Waals surface area contributed by atoms with Gasteiger partial charge in [-0.1, -0.05) is 0 Å². The SMILES string of the molecule is Cn1cc(CN)c(NC(=O)C(F)(F)C(F)F)n1. The molecule has 3 N–H and O–H groups in total. The molecule has 1 rings (SSSR count). The molecule has 0 bridgehead atoms. The third-order valence-electron chi connectivity index (χ3n) is 1.93. The van der Waals surface area contributed by atoms with Crippen molar-refractivity contribution in [1.82, 2.24) is 9.78 Å². The normalized spacial score (nSPS) is 11.9. The van der Waals surface area contributed by atoms with Gasteiger partial charge in [-0.25, -0.2) is 8.78 Å². The Morgan fingerprint density at radius 1 is 1.65 bits per heavy atom. The highest BCUT2D eigenvalue weighted by Crippen LogP contribution is 2.25. The Morgan fingerprint density at radius 3 is 2.71 bits per heavy atom. The van der Waals surface area contributed by atoms with Crippen LogP contribution >= 0.6 is 0 Å². The van der Waals surface area contributed by atoms with Crippen LogP contribution in [0.2, 0.25) is 0 Å². The highest BCUT2D eigenvalue weighted by atomic mass is 19.3. The number of nitrogens with one attached hydrogen (secondary N) is 1. The summed E-state index contributed by atoms with van der Waals surface area (Å²) in [5.74, 6) is -7.12. The van der Waals surface area contributed by atoms with E-state index in [1.165, 1.54) is 17.9 Å². The van der Waals surface area contributed by atoms with E-state index in [9.17, 15) is 22.4 Å². The highest BCUT2D eigenvalue weighted by Gasteiger charge is 2.49. The van der Waals surface area contributed by atoms with Gasteiger partial charge in [0.2, 0.25) is 0 Å². The van der Waals surface area contributed by atoms with Crippen LogP contribution in [0.25, 0.3) is 0 Å². The summed E-state index contributed by atoms with van der Waals surface area (Å²) >= 11 is 0. The minimum Gasteiger partial charge on any atom is -0.326 e. The largest absolute Gasteiger partial charge is 0.383 e. The predicted octanol–water partition coefficient (Wildman–Crippen LogP) is 0.718. The van der Waals surface area contributed by atoms with Gasteiger partial charge in [-0.15, -0.1) is 0 Å². The van der Waals surface area contributed by atoms with Crippen LogP contribution in [0, 0.1) is 0 Å². The van der Waals surface area contributed by atoms with Crippen molar-refractivity contribution < 1.29 is 22.4 Å². The quantitative estimate of drug-likeness (QED) is 0.777. The molecule has 0 radical (unpaired) electrons. The topological polar surface area (TPSA) is 72.9 Å². The van der Waals surface area contributed by atoms with Gasteiger partial charge in [-0.3, -0.25) is 9.48 Å². The maximum absolute atomic E-state index is 12.6. The summed E-state index contributed by atoms with van der Waals surface area (Å²) in [6, 6.07) is 0. The van der Waals surface area contributed by atoms with E-state index in [1.807, 2.05) is 0 Å². The van der Waals surface area contributed by atoms with E-state index in [1.54, 1.807) is 5.32 Å². The zero-order chi connectivity index (χ0) is 13.2. The molecular weight excluding hydrogens is 244 g/mol. The second-order valence-electron chi connectivity index (χ2n) is 3.26. The number of rotatable bonds is 4. The average Bonchev–Trinajstić information content (AvgIpc) is 2.58. The molecule has 0 aliphatic carbocycles. The second-order valence-corrected chi connectivity index (χ2v) is 3.26. The first-order valence-corrected chi connectivity index (χ1v) is 4.49. The van der Waals surface area contributed by atoms with E-state index >= 15 is 0 Å². The summed E-state index contributed by atoms with van der Waals surface area (Å²) in [6.07, 6.45) is -2.69. The number of aromatic nitrogens is 2. The van der Waals surface area contributed by atoms with E-state index in [0.29, 0.717) is 0 Å². The van der Waals surface area contributed by atoms with Crippen LogP contribution in [-0.4, -0.2) is 28.0 Å². The minimum absolute atomic E-state index is 0.0658. The lowest BCUT2D eigenvalue weighted by Gasteiger charge is -2.14. The summed E-state index contributed by atoms with van der Waals surface area (Å²) in [7, 11) is 1.47. The Bertz CT molecular complexity index is 418. The van der Waals surface area contributed by atoms with Gasteiger partial charge in [0, 0.05) is 25.4 Å². The lowest BCUT2D eigenvalue weighted by atomic mass is 10.3. The van der Waals surface area contributed by atoms with Gasteiger partial charge in [-0.05, 0) is 0 Å². The van der Waals surface area contributed by atoms with Gasteiger partial charge in [0.15, 0.2) is 5.82 Å². The molecule has 1 aromatic rings. The molecule has 0 atom stereocenters. The first kappa shape index (κ1) is 13.4. The molecule has 5 nitrogen and oxygen atoms in total. The molecule has 0 unspecified atom stereocenters. The zero-order valence-corrected chi connectivity index (χ0v) is 8.75. The molecule has 9 heteroatoms. The van der Waals surface area contributed by atoms with Gasteiger partial charge < -0.3 is 11.1 Å². The van der Waals surface area contributed by atoms with Crippen LogP contribution in [0.15, 0.2) is 6.20 Å². The molecule has 0 aliphatic rings. The molecule has 1 amide bonds. The summed E-state index contributed by atoms with van der Waals surface area (Å²) in [4.78, 5) is 10.9.